The molecular weight excluding hydrogens is 304 g/mol. The number of carbonyl (C=O) groups excluding carboxylic acids is 1. The molecule has 2 N–H and O–H groups in total. The number of hydrogen-bond acceptors (Lipinski definition) is 4. The minimum atomic E-state index is -0.207. The van der Waals surface area contributed by atoms with Gasteiger partial charge in [-0.1, -0.05) is 16.8 Å². The van der Waals surface area contributed by atoms with Crippen LogP contribution in [0.3, 0.4) is 0 Å². The molecule has 2 aromatic rings. The van der Waals surface area contributed by atoms with Crippen LogP contribution >= 0.6 is 11.6 Å². The molecule has 1 fully saturated rings. The number of urea groups is 1. The molecule has 22 heavy (non-hydrogen) atoms. The Morgan fingerprint density at radius 2 is 2.23 bits per heavy atom. The Labute approximate surface area is 132 Å². The maximum absolute atomic E-state index is 11.5. The van der Waals surface area contributed by atoms with Gasteiger partial charge in [0.2, 0.25) is 0 Å². The van der Waals surface area contributed by atoms with Crippen LogP contribution in [0.15, 0.2) is 28.8 Å². The lowest BCUT2D eigenvalue weighted by molar-refractivity contribution is 0.240. The maximum atomic E-state index is 11.5. The zero-order chi connectivity index (χ0) is 15.5. The summed E-state index contributed by atoms with van der Waals surface area (Å²) in [5, 5.41) is 18.8. The summed E-state index contributed by atoms with van der Waals surface area (Å²) in [5.74, 6) is 0.499. The second kappa shape index (κ2) is 6.08. The van der Waals surface area contributed by atoms with Crippen molar-refractivity contribution in [2.24, 2.45) is 0 Å². The van der Waals surface area contributed by atoms with Crippen molar-refractivity contribution >= 4 is 17.6 Å². The zero-order valence-corrected chi connectivity index (χ0v) is 12.4. The topological polar surface area (TPSA) is 91.0 Å². The number of nitriles is 1. The highest BCUT2D eigenvalue weighted by molar-refractivity contribution is 6.31. The van der Waals surface area contributed by atoms with E-state index in [0.717, 1.165) is 12.8 Å². The smallest absolute Gasteiger partial charge is 0.315 e. The van der Waals surface area contributed by atoms with Gasteiger partial charge in [-0.05, 0) is 31.0 Å². The highest BCUT2D eigenvalue weighted by Crippen LogP contribution is 2.25. The number of amides is 2. The van der Waals surface area contributed by atoms with Crippen LogP contribution < -0.4 is 10.6 Å². The largest absolute Gasteiger partial charge is 0.356 e. The minimum absolute atomic E-state index is 0.207. The van der Waals surface area contributed by atoms with Crippen LogP contribution in [0.2, 0.25) is 5.02 Å². The van der Waals surface area contributed by atoms with E-state index >= 15 is 0 Å². The summed E-state index contributed by atoms with van der Waals surface area (Å²) >= 11 is 5.96. The second-order valence-corrected chi connectivity index (χ2v) is 5.56. The first-order valence-corrected chi connectivity index (χ1v) is 7.23. The number of nitrogens with one attached hydrogen (secondary N) is 2. The summed E-state index contributed by atoms with van der Waals surface area (Å²) in [5.41, 5.74) is 1.71. The molecule has 1 aliphatic carbocycles. The summed E-state index contributed by atoms with van der Waals surface area (Å²) in [6.45, 7) is 0.272. The molecule has 0 unspecified atom stereocenters. The SMILES string of the molecule is N#Cc1cc(Cl)cc(-c2cc(CNC(=O)NC3CC3)no2)c1. The van der Waals surface area contributed by atoms with Crippen molar-refractivity contribution in [2.75, 3.05) is 0 Å². The molecule has 1 saturated carbocycles. The first kappa shape index (κ1) is 14.4. The number of halogens is 1. The predicted molar refractivity (Wildman–Crippen MR) is 80.1 cm³/mol. The quantitative estimate of drug-likeness (QED) is 0.907. The predicted octanol–water partition coefficient (Wildman–Crippen LogP) is 2.83. The molecule has 0 atom stereocenters. The molecule has 3 rings (SSSR count). The number of rotatable bonds is 4. The molecule has 0 radical (unpaired) electrons. The second-order valence-electron chi connectivity index (χ2n) is 5.12. The number of nitrogens with zero attached hydrogens (tertiary/aromatic N) is 2. The third-order valence-electron chi connectivity index (χ3n) is 3.21. The van der Waals surface area contributed by atoms with Gasteiger partial charge in [-0.25, -0.2) is 4.79 Å². The lowest BCUT2D eigenvalue weighted by Crippen LogP contribution is -2.36. The Hall–Kier alpha value is -2.52. The Bertz CT molecular complexity index is 746. The van der Waals surface area contributed by atoms with Crippen molar-refractivity contribution in [3.05, 3.63) is 40.5 Å². The first-order valence-electron chi connectivity index (χ1n) is 6.85. The van der Waals surface area contributed by atoms with Crippen molar-refractivity contribution in [3.8, 4) is 17.4 Å². The fraction of sp³-hybridized carbons (Fsp3) is 0.267. The average Bonchev–Trinajstić information content (AvgIpc) is 3.18. The van der Waals surface area contributed by atoms with Crippen LogP contribution in [-0.4, -0.2) is 17.2 Å². The first-order chi connectivity index (χ1) is 10.6. The van der Waals surface area contributed by atoms with Gasteiger partial charge in [0, 0.05) is 22.7 Å². The summed E-state index contributed by atoms with van der Waals surface area (Å²) in [4.78, 5) is 11.5. The number of carbonyl (C=O) groups is 1. The zero-order valence-electron chi connectivity index (χ0n) is 11.6. The minimum Gasteiger partial charge on any atom is -0.356 e. The Morgan fingerprint density at radius 3 is 2.95 bits per heavy atom. The van der Waals surface area contributed by atoms with E-state index in [1.54, 1.807) is 24.3 Å². The number of hydrogen-bond donors (Lipinski definition) is 2. The number of aromatic nitrogens is 1. The highest BCUT2D eigenvalue weighted by atomic mass is 35.5. The van der Waals surface area contributed by atoms with Gasteiger partial charge in [0.25, 0.3) is 0 Å². The van der Waals surface area contributed by atoms with Gasteiger partial charge >= 0.3 is 6.03 Å². The van der Waals surface area contributed by atoms with E-state index in [2.05, 4.69) is 15.8 Å². The summed E-state index contributed by atoms with van der Waals surface area (Å²) in [6, 6.07) is 8.79. The van der Waals surface area contributed by atoms with Crippen molar-refractivity contribution < 1.29 is 9.32 Å². The maximum Gasteiger partial charge on any atom is 0.315 e. The molecule has 1 aromatic heterocycles. The average molecular weight is 317 g/mol. The molecule has 1 aromatic carbocycles. The van der Waals surface area contributed by atoms with Crippen molar-refractivity contribution in [1.82, 2.24) is 15.8 Å². The molecule has 0 bridgehead atoms. The van der Waals surface area contributed by atoms with Gasteiger partial charge in [0.05, 0.1) is 18.2 Å². The third-order valence-corrected chi connectivity index (χ3v) is 3.43. The van der Waals surface area contributed by atoms with Crippen molar-refractivity contribution in [1.29, 1.82) is 5.26 Å². The van der Waals surface area contributed by atoms with Crippen LogP contribution in [0.5, 0.6) is 0 Å². The third kappa shape index (κ3) is 3.57. The van der Waals surface area contributed by atoms with Gasteiger partial charge in [-0.3, -0.25) is 0 Å². The molecule has 6 nitrogen and oxygen atoms in total. The van der Waals surface area contributed by atoms with E-state index in [1.807, 2.05) is 6.07 Å². The fourth-order valence-corrected chi connectivity index (χ4v) is 2.20. The van der Waals surface area contributed by atoms with Crippen LogP contribution in [0.4, 0.5) is 4.79 Å². The summed E-state index contributed by atoms with van der Waals surface area (Å²) in [6.07, 6.45) is 2.08. The van der Waals surface area contributed by atoms with Crippen molar-refractivity contribution in [2.45, 2.75) is 25.4 Å². The van der Waals surface area contributed by atoms with Crippen molar-refractivity contribution in [3.63, 3.8) is 0 Å². The lowest BCUT2D eigenvalue weighted by Gasteiger charge is -2.03. The van der Waals surface area contributed by atoms with Crippen LogP contribution in [0, 0.1) is 11.3 Å². The summed E-state index contributed by atoms with van der Waals surface area (Å²) < 4.78 is 5.24. The van der Waals surface area contributed by atoms with E-state index in [9.17, 15) is 4.79 Å². The molecular formula is C15H13ClN4O2. The number of benzene rings is 1. The Morgan fingerprint density at radius 1 is 1.41 bits per heavy atom. The normalized spacial score (nSPS) is 13.5. The lowest BCUT2D eigenvalue weighted by atomic mass is 10.1. The van der Waals surface area contributed by atoms with E-state index in [4.69, 9.17) is 21.4 Å². The van der Waals surface area contributed by atoms with E-state index in [0.29, 0.717) is 33.6 Å². The monoisotopic (exact) mass is 316 g/mol. The van der Waals surface area contributed by atoms with Crippen LogP contribution in [-0.2, 0) is 6.54 Å². The molecule has 7 heteroatoms. The highest BCUT2D eigenvalue weighted by Gasteiger charge is 2.23. The molecule has 2 amide bonds. The molecule has 112 valence electrons. The van der Waals surface area contributed by atoms with E-state index in [1.165, 1.54) is 0 Å². The molecule has 0 aliphatic heterocycles. The molecule has 1 aliphatic rings. The van der Waals surface area contributed by atoms with Gasteiger partial charge in [0.1, 0.15) is 5.69 Å². The summed E-state index contributed by atoms with van der Waals surface area (Å²) in [7, 11) is 0. The van der Waals surface area contributed by atoms with Gasteiger partial charge in [0.15, 0.2) is 5.76 Å². The van der Waals surface area contributed by atoms with Gasteiger partial charge in [-0.2, -0.15) is 5.26 Å². The fourth-order valence-electron chi connectivity index (χ4n) is 1.96. The van der Waals surface area contributed by atoms with Crippen LogP contribution in [0.25, 0.3) is 11.3 Å². The van der Waals surface area contributed by atoms with E-state index < -0.39 is 0 Å². The molecule has 0 saturated heterocycles. The Balaban J connectivity index is 1.66. The van der Waals surface area contributed by atoms with Gasteiger partial charge in [-0.15, -0.1) is 0 Å². The molecule has 0 spiro atoms. The standard InChI is InChI=1S/C15H13ClN4O2/c16-11-4-9(7-17)3-10(5-11)14-6-13(20-22-14)8-18-15(21)19-12-1-2-12/h3-6,12H,1-2,8H2,(H2,18,19,21). The van der Waals surface area contributed by atoms with Crippen LogP contribution in [0.1, 0.15) is 24.1 Å². The van der Waals surface area contributed by atoms with Gasteiger partial charge < -0.3 is 15.2 Å². The van der Waals surface area contributed by atoms with E-state index in [-0.39, 0.29) is 12.6 Å². The molecule has 1 heterocycles. The Kier molecular flexibility index (Phi) is 3.98.